The molecular formula is C14H13BrN4O. The Kier molecular flexibility index (Phi) is 3.31. The highest BCUT2D eigenvalue weighted by atomic mass is 79.9. The molecule has 102 valence electrons. The lowest BCUT2D eigenvalue weighted by atomic mass is 10.2. The van der Waals surface area contributed by atoms with Crippen LogP contribution >= 0.6 is 15.9 Å². The molecule has 5 nitrogen and oxygen atoms in total. The second kappa shape index (κ2) is 5.13. The quantitative estimate of drug-likeness (QED) is 0.749. The van der Waals surface area contributed by atoms with Crippen LogP contribution in [0.5, 0.6) is 5.88 Å². The second-order valence-electron chi connectivity index (χ2n) is 4.36. The third-order valence-corrected chi connectivity index (χ3v) is 3.62. The van der Waals surface area contributed by atoms with E-state index in [1.807, 2.05) is 41.1 Å². The molecule has 20 heavy (non-hydrogen) atoms. The van der Waals surface area contributed by atoms with E-state index in [9.17, 15) is 0 Å². The SMILES string of the molecule is COc1cccc(Cn2nc(Br)c3c(N)cccc32)n1. The van der Waals surface area contributed by atoms with Gasteiger partial charge in [0.05, 0.1) is 30.3 Å². The van der Waals surface area contributed by atoms with E-state index in [1.54, 1.807) is 7.11 Å². The molecule has 0 saturated carbocycles. The third-order valence-electron chi connectivity index (χ3n) is 3.07. The summed E-state index contributed by atoms with van der Waals surface area (Å²) in [6.07, 6.45) is 0. The maximum absolute atomic E-state index is 5.99. The van der Waals surface area contributed by atoms with Gasteiger partial charge in [-0.15, -0.1) is 0 Å². The summed E-state index contributed by atoms with van der Waals surface area (Å²) in [6, 6.07) is 11.4. The number of anilines is 1. The van der Waals surface area contributed by atoms with Crippen molar-refractivity contribution in [2.24, 2.45) is 0 Å². The standard InChI is InChI=1S/C14H13BrN4O/c1-20-12-7-2-4-9(17-12)8-19-11-6-3-5-10(16)13(11)14(15)18-19/h2-7H,8,16H2,1H3. The molecule has 3 aromatic rings. The number of nitrogens with zero attached hydrogens (tertiary/aromatic N) is 3. The first-order chi connectivity index (χ1) is 9.69. The molecule has 2 N–H and O–H groups in total. The fourth-order valence-corrected chi connectivity index (χ4v) is 2.76. The zero-order chi connectivity index (χ0) is 14.1. The van der Waals surface area contributed by atoms with Crippen molar-refractivity contribution in [2.45, 2.75) is 6.54 Å². The van der Waals surface area contributed by atoms with Gasteiger partial charge in [0.25, 0.3) is 0 Å². The van der Waals surface area contributed by atoms with E-state index in [4.69, 9.17) is 10.5 Å². The summed E-state index contributed by atoms with van der Waals surface area (Å²) in [5.41, 5.74) is 8.55. The van der Waals surface area contributed by atoms with Gasteiger partial charge in [-0.25, -0.2) is 4.98 Å². The van der Waals surface area contributed by atoms with Crippen molar-refractivity contribution < 1.29 is 4.74 Å². The summed E-state index contributed by atoms with van der Waals surface area (Å²) < 4.78 is 7.75. The first kappa shape index (κ1) is 12.9. The highest BCUT2D eigenvalue weighted by molar-refractivity contribution is 9.10. The Bertz CT molecular complexity index is 769. The fourth-order valence-electron chi connectivity index (χ4n) is 2.14. The molecular weight excluding hydrogens is 320 g/mol. The molecule has 0 atom stereocenters. The first-order valence-corrected chi connectivity index (χ1v) is 6.89. The van der Waals surface area contributed by atoms with Gasteiger partial charge >= 0.3 is 0 Å². The fraction of sp³-hybridized carbons (Fsp3) is 0.143. The van der Waals surface area contributed by atoms with Crippen LogP contribution in [0.3, 0.4) is 0 Å². The molecule has 0 spiro atoms. The van der Waals surface area contributed by atoms with Gasteiger partial charge in [-0.05, 0) is 34.1 Å². The van der Waals surface area contributed by atoms with Crippen LogP contribution in [0.1, 0.15) is 5.69 Å². The molecule has 0 amide bonds. The lowest BCUT2D eigenvalue weighted by Crippen LogP contribution is -2.04. The summed E-state index contributed by atoms with van der Waals surface area (Å²) in [5, 5.41) is 5.40. The molecule has 0 bridgehead atoms. The van der Waals surface area contributed by atoms with Crippen molar-refractivity contribution in [3.63, 3.8) is 0 Å². The van der Waals surface area contributed by atoms with E-state index >= 15 is 0 Å². The average molecular weight is 333 g/mol. The largest absolute Gasteiger partial charge is 0.481 e. The number of ether oxygens (including phenoxy) is 1. The highest BCUT2D eigenvalue weighted by Gasteiger charge is 2.11. The Morgan fingerprint density at radius 2 is 2.05 bits per heavy atom. The Labute approximate surface area is 124 Å². The molecule has 0 aliphatic rings. The Morgan fingerprint density at radius 1 is 1.25 bits per heavy atom. The number of fused-ring (bicyclic) bond motifs is 1. The minimum absolute atomic E-state index is 0.558. The number of hydrogen-bond donors (Lipinski definition) is 1. The molecule has 1 aromatic carbocycles. The van der Waals surface area contributed by atoms with Crippen LogP contribution in [0.2, 0.25) is 0 Å². The minimum atomic E-state index is 0.558. The van der Waals surface area contributed by atoms with Gasteiger partial charge in [-0.1, -0.05) is 12.1 Å². The van der Waals surface area contributed by atoms with Gasteiger partial charge in [0, 0.05) is 11.8 Å². The van der Waals surface area contributed by atoms with Crippen LogP contribution in [0.25, 0.3) is 10.9 Å². The van der Waals surface area contributed by atoms with Crippen molar-refractivity contribution in [1.29, 1.82) is 0 Å². The Morgan fingerprint density at radius 3 is 2.85 bits per heavy atom. The number of pyridine rings is 1. The molecule has 0 saturated heterocycles. The molecule has 0 fully saturated rings. The number of nitrogen functional groups attached to an aromatic ring is 1. The second-order valence-corrected chi connectivity index (χ2v) is 5.11. The van der Waals surface area contributed by atoms with Crippen molar-refractivity contribution in [3.8, 4) is 5.88 Å². The maximum Gasteiger partial charge on any atom is 0.213 e. The number of halogens is 1. The van der Waals surface area contributed by atoms with Crippen molar-refractivity contribution in [2.75, 3.05) is 12.8 Å². The number of nitrogens with two attached hydrogens (primary N) is 1. The highest BCUT2D eigenvalue weighted by Crippen LogP contribution is 2.28. The Hall–Kier alpha value is -2.08. The van der Waals surface area contributed by atoms with E-state index in [2.05, 4.69) is 26.0 Å². The van der Waals surface area contributed by atoms with Crippen LogP contribution in [0.4, 0.5) is 5.69 Å². The van der Waals surface area contributed by atoms with E-state index < -0.39 is 0 Å². The predicted molar refractivity (Wildman–Crippen MR) is 81.7 cm³/mol. The molecule has 3 rings (SSSR count). The zero-order valence-electron chi connectivity index (χ0n) is 10.9. The lowest BCUT2D eigenvalue weighted by molar-refractivity contribution is 0.395. The van der Waals surface area contributed by atoms with Crippen LogP contribution in [-0.4, -0.2) is 21.9 Å². The van der Waals surface area contributed by atoms with Gasteiger partial charge in [-0.2, -0.15) is 5.10 Å². The smallest absolute Gasteiger partial charge is 0.213 e. The molecule has 0 aliphatic carbocycles. The summed E-state index contributed by atoms with van der Waals surface area (Å²) in [5.74, 6) is 0.595. The maximum atomic E-state index is 5.99. The number of benzene rings is 1. The van der Waals surface area contributed by atoms with Gasteiger partial charge in [0.1, 0.15) is 4.60 Å². The predicted octanol–water partition coefficient (Wildman–Crippen LogP) is 2.83. The molecule has 0 aliphatic heterocycles. The number of methoxy groups -OCH3 is 1. The van der Waals surface area contributed by atoms with Gasteiger partial charge in [-0.3, -0.25) is 4.68 Å². The van der Waals surface area contributed by atoms with Gasteiger partial charge in [0.2, 0.25) is 5.88 Å². The van der Waals surface area contributed by atoms with Crippen molar-refractivity contribution >= 4 is 32.5 Å². The van der Waals surface area contributed by atoms with E-state index in [0.717, 1.165) is 21.2 Å². The average Bonchev–Trinajstić information content (AvgIpc) is 2.77. The molecule has 0 unspecified atom stereocenters. The summed E-state index contributed by atoms with van der Waals surface area (Å²) in [4.78, 5) is 4.40. The number of rotatable bonds is 3. The van der Waals surface area contributed by atoms with Crippen LogP contribution in [-0.2, 0) is 6.54 Å². The zero-order valence-corrected chi connectivity index (χ0v) is 12.5. The summed E-state index contributed by atoms with van der Waals surface area (Å²) in [7, 11) is 1.60. The molecule has 6 heteroatoms. The van der Waals surface area contributed by atoms with Crippen LogP contribution < -0.4 is 10.5 Å². The van der Waals surface area contributed by atoms with E-state index in [1.165, 1.54) is 0 Å². The monoisotopic (exact) mass is 332 g/mol. The van der Waals surface area contributed by atoms with Crippen molar-refractivity contribution in [1.82, 2.24) is 14.8 Å². The minimum Gasteiger partial charge on any atom is -0.481 e. The normalized spacial score (nSPS) is 10.9. The number of hydrogen-bond acceptors (Lipinski definition) is 4. The first-order valence-electron chi connectivity index (χ1n) is 6.09. The summed E-state index contributed by atoms with van der Waals surface area (Å²) >= 11 is 3.45. The van der Waals surface area contributed by atoms with Crippen molar-refractivity contribution in [3.05, 3.63) is 46.7 Å². The summed E-state index contributed by atoms with van der Waals surface area (Å²) in [6.45, 7) is 0.558. The van der Waals surface area contributed by atoms with Gasteiger partial charge < -0.3 is 10.5 Å². The topological polar surface area (TPSA) is 66.0 Å². The lowest BCUT2D eigenvalue weighted by Gasteiger charge is -2.05. The van der Waals surface area contributed by atoms with Gasteiger partial charge in [0.15, 0.2) is 0 Å². The van der Waals surface area contributed by atoms with Crippen LogP contribution in [0, 0.1) is 0 Å². The Balaban J connectivity index is 2.05. The van der Waals surface area contributed by atoms with Crippen LogP contribution in [0.15, 0.2) is 41.0 Å². The third kappa shape index (κ3) is 2.22. The molecule has 0 radical (unpaired) electrons. The van der Waals surface area contributed by atoms with E-state index in [-0.39, 0.29) is 0 Å². The molecule has 2 aromatic heterocycles. The van der Waals surface area contributed by atoms with E-state index in [0.29, 0.717) is 18.1 Å². The number of aromatic nitrogens is 3. The molecule has 2 heterocycles.